The lowest BCUT2D eigenvalue weighted by Crippen LogP contribution is -2.46. The SMILES string of the molecule is CCCNC(=O)[C@@H](C)NC(=O)COC(=O)Cc1ccc(C)c(C)c1. The molecular weight excluding hydrogens is 308 g/mol. The highest BCUT2D eigenvalue weighted by Crippen LogP contribution is 2.10. The number of carbonyl (C=O) groups excluding carboxylic acids is 3. The Morgan fingerprint density at radius 1 is 1.17 bits per heavy atom. The van der Waals surface area contributed by atoms with Crippen molar-refractivity contribution in [2.75, 3.05) is 13.2 Å². The Hall–Kier alpha value is -2.37. The normalized spacial score (nSPS) is 11.5. The fourth-order valence-corrected chi connectivity index (χ4v) is 2.03. The molecule has 0 aliphatic heterocycles. The van der Waals surface area contributed by atoms with Crippen LogP contribution in [0.4, 0.5) is 0 Å². The molecule has 0 aliphatic rings. The number of hydrogen-bond donors (Lipinski definition) is 2. The molecule has 1 atom stereocenters. The summed E-state index contributed by atoms with van der Waals surface area (Å²) < 4.78 is 4.96. The summed E-state index contributed by atoms with van der Waals surface area (Å²) in [6.45, 7) is 7.67. The molecule has 0 saturated heterocycles. The maximum Gasteiger partial charge on any atom is 0.310 e. The minimum Gasteiger partial charge on any atom is -0.455 e. The van der Waals surface area contributed by atoms with E-state index in [1.54, 1.807) is 6.92 Å². The van der Waals surface area contributed by atoms with Gasteiger partial charge in [-0.15, -0.1) is 0 Å². The molecule has 132 valence electrons. The fourth-order valence-electron chi connectivity index (χ4n) is 2.03. The Kier molecular flexibility index (Phi) is 7.95. The van der Waals surface area contributed by atoms with E-state index in [2.05, 4.69) is 10.6 Å². The summed E-state index contributed by atoms with van der Waals surface area (Å²) in [6.07, 6.45) is 0.934. The van der Waals surface area contributed by atoms with E-state index in [9.17, 15) is 14.4 Å². The zero-order valence-electron chi connectivity index (χ0n) is 14.8. The summed E-state index contributed by atoms with van der Waals surface area (Å²) in [4.78, 5) is 35.2. The molecule has 2 N–H and O–H groups in total. The number of carbonyl (C=O) groups is 3. The summed E-state index contributed by atoms with van der Waals surface area (Å²) in [5.41, 5.74) is 3.10. The number of benzene rings is 1. The first kappa shape index (κ1) is 19.7. The van der Waals surface area contributed by atoms with Crippen molar-refractivity contribution < 1.29 is 19.1 Å². The highest BCUT2D eigenvalue weighted by molar-refractivity contribution is 5.88. The van der Waals surface area contributed by atoms with Crippen LogP contribution in [0.2, 0.25) is 0 Å². The average Bonchev–Trinajstić information content (AvgIpc) is 2.54. The van der Waals surface area contributed by atoms with E-state index in [4.69, 9.17) is 4.74 Å². The Balaban J connectivity index is 2.36. The van der Waals surface area contributed by atoms with Gasteiger partial charge in [-0.1, -0.05) is 25.1 Å². The molecule has 0 fully saturated rings. The summed E-state index contributed by atoms with van der Waals surface area (Å²) in [5.74, 6) is -1.23. The Morgan fingerprint density at radius 2 is 1.88 bits per heavy atom. The fraction of sp³-hybridized carbons (Fsp3) is 0.500. The molecule has 6 heteroatoms. The predicted octanol–water partition coefficient (Wildman–Crippen LogP) is 1.42. The van der Waals surface area contributed by atoms with Crippen molar-refractivity contribution in [1.82, 2.24) is 10.6 Å². The van der Waals surface area contributed by atoms with Crippen molar-refractivity contribution in [3.63, 3.8) is 0 Å². The largest absolute Gasteiger partial charge is 0.455 e. The number of ether oxygens (including phenoxy) is 1. The van der Waals surface area contributed by atoms with Crippen molar-refractivity contribution >= 4 is 17.8 Å². The minimum absolute atomic E-state index is 0.112. The van der Waals surface area contributed by atoms with Gasteiger partial charge in [-0.3, -0.25) is 14.4 Å². The maximum atomic E-state index is 11.8. The van der Waals surface area contributed by atoms with Crippen molar-refractivity contribution in [2.24, 2.45) is 0 Å². The minimum atomic E-state index is -0.664. The maximum absolute atomic E-state index is 11.8. The molecule has 1 rings (SSSR count). The van der Waals surface area contributed by atoms with Crippen LogP contribution in [-0.4, -0.2) is 37.0 Å². The summed E-state index contributed by atoms with van der Waals surface area (Å²) in [5, 5.41) is 5.18. The van der Waals surface area contributed by atoms with E-state index in [1.165, 1.54) is 0 Å². The van der Waals surface area contributed by atoms with Crippen LogP contribution in [0, 0.1) is 13.8 Å². The van der Waals surface area contributed by atoms with Crippen LogP contribution in [0.3, 0.4) is 0 Å². The molecule has 0 heterocycles. The van der Waals surface area contributed by atoms with E-state index < -0.39 is 24.5 Å². The van der Waals surface area contributed by atoms with Crippen LogP contribution >= 0.6 is 0 Å². The second-order valence-electron chi connectivity index (χ2n) is 5.84. The first-order chi connectivity index (χ1) is 11.3. The van der Waals surface area contributed by atoms with Gasteiger partial charge in [-0.2, -0.15) is 0 Å². The zero-order chi connectivity index (χ0) is 18.1. The van der Waals surface area contributed by atoms with Crippen LogP contribution in [0.5, 0.6) is 0 Å². The lowest BCUT2D eigenvalue weighted by Gasteiger charge is -2.14. The lowest BCUT2D eigenvalue weighted by atomic mass is 10.0. The summed E-state index contributed by atoms with van der Waals surface area (Å²) in [7, 11) is 0. The molecule has 6 nitrogen and oxygen atoms in total. The Bertz CT molecular complexity index is 599. The van der Waals surface area contributed by atoms with Gasteiger partial charge in [0.1, 0.15) is 6.04 Å². The van der Waals surface area contributed by atoms with Gasteiger partial charge in [0.05, 0.1) is 6.42 Å². The number of esters is 1. The van der Waals surface area contributed by atoms with Crippen LogP contribution in [0.25, 0.3) is 0 Å². The molecule has 1 aromatic rings. The molecule has 1 aromatic carbocycles. The van der Waals surface area contributed by atoms with Gasteiger partial charge >= 0.3 is 5.97 Å². The molecule has 0 aromatic heterocycles. The third kappa shape index (κ3) is 6.81. The van der Waals surface area contributed by atoms with Crippen LogP contribution in [0.1, 0.15) is 37.0 Å². The van der Waals surface area contributed by atoms with Crippen LogP contribution in [-0.2, 0) is 25.5 Å². The highest BCUT2D eigenvalue weighted by atomic mass is 16.5. The van der Waals surface area contributed by atoms with Gasteiger partial charge in [0.2, 0.25) is 5.91 Å². The van der Waals surface area contributed by atoms with Crippen molar-refractivity contribution in [3.8, 4) is 0 Å². The van der Waals surface area contributed by atoms with Gasteiger partial charge < -0.3 is 15.4 Å². The first-order valence-corrected chi connectivity index (χ1v) is 8.12. The number of aryl methyl sites for hydroxylation is 2. The van der Waals surface area contributed by atoms with E-state index in [0.717, 1.165) is 23.1 Å². The predicted molar refractivity (Wildman–Crippen MR) is 91.5 cm³/mol. The molecule has 0 bridgehead atoms. The second kappa shape index (κ2) is 9.70. The molecule has 0 aliphatic carbocycles. The van der Waals surface area contributed by atoms with Crippen LogP contribution < -0.4 is 10.6 Å². The third-order valence-corrected chi connectivity index (χ3v) is 3.60. The molecule has 0 saturated carbocycles. The average molecular weight is 334 g/mol. The highest BCUT2D eigenvalue weighted by Gasteiger charge is 2.16. The summed E-state index contributed by atoms with van der Waals surface area (Å²) >= 11 is 0. The number of hydrogen-bond acceptors (Lipinski definition) is 4. The molecule has 0 unspecified atom stereocenters. The van der Waals surface area contributed by atoms with Crippen molar-refractivity contribution in [1.29, 1.82) is 0 Å². The number of amides is 2. The van der Waals surface area contributed by atoms with Crippen molar-refractivity contribution in [3.05, 3.63) is 34.9 Å². The van der Waals surface area contributed by atoms with E-state index in [-0.39, 0.29) is 12.3 Å². The standard InChI is InChI=1S/C18H26N2O4/c1-5-8-19-18(23)14(4)20-16(21)11-24-17(22)10-15-7-6-12(2)13(3)9-15/h6-7,9,14H,5,8,10-11H2,1-4H3,(H,19,23)(H,20,21)/t14-/m1/s1. The first-order valence-electron chi connectivity index (χ1n) is 8.12. The Labute approximate surface area is 143 Å². The van der Waals surface area contributed by atoms with E-state index >= 15 is 0 Å². The van der Waals surface area contributed by atoms with E-state index in [0.29, 0.717) is 6.54 Å². The van der Waals surface area contributed by atoms with Crippen molar-refractivity contribution in [2.45, 2.75) is 46.6 Å². The Morgan fingerprint density at radius 3 is 2.50 bits per heavy atom. The molecular formula is C18H26N2O4. The van der Waals surface area contributed by atoms with Gasteiger partial charge in [0.25, 0.3) is 5.91 Å². The van der Waals surface area contributed by atoms with Crippen LogP contribution in [0.15, 0.2) is 18.2 Å². The van der Waals surface area contributed by atoms with Gasteiger partial charge in [0, 0.05) is 6.54 Å². The molecule has 2 amide bonds. The van der Waals surface area contributed by atoms with Gasteiger partial charge in [0.15, 0.2) is 6.61 Å². The van der Waals surface area contributed by atoms with E-state index in [1.807, 2.05) is 39.0 Å². The lowest BCUT2D eigenvalue weighted by molar-refractivity contribution is -0.148. The molecule has 0 radical (unpaired) electrons. The third-order valence-electron chi connectivity index (χ3n) is 3.60. The number of rotatable bonds is 8. The quantitative estimate of drug-likeness (QED) is 0.704. The number of nitrogens with one attached hydrogen (secondary N) is 2. The molecule has 0 spiro atoms. The topological polar surface area (TPSA) is 84.5 Å². The second-order valence-corrected chi connectivity index (χ2v) is 5.84. The monoisotopic (exact) mass is 334 g/mol. The van der Waals surface area contributed by atoms with Gasteiger partial charge in [-0.25, -0.2) is 0 Å². The zero-order valence-corrected chi connectivity index (χ0v) is 14.8. The summed E-state index contributed by atoms with van der Waals surface area (Å²) in [6, 6.07) is 5.07. The van der Waals surface area contributed by atoms with Gasteiger partial charge in [-0.05, 0) is 43.9 Å². The smallest absolute Gasteiger partial charge is 0.310 e. The molecule has 24 heavy (non-hydrogen) atoms.